The molecule has 2 aliphatic heterocycles. The largest absolute Gasteiger partial charge is 0.489 e. The van der Waals surface area contributed by atoms with Gasteiger partial charge in [0.2, 0.25) is 29.5 Å². The van der Waals surface area contributed by atoms with E-state index in [2.05, 4.69) is 31.6 Å². The molecule has 0 aliphatic carbocycles. The van der Waals surface area contributed by atoms with Crippen LogP contribution >= 0.6 is 0 Å². The zero-order chi connectivity index (χ0) is 54.1. The molecular weight excluding hydrogens is 979 g/mol. The van der Waals surface area contributed by atoms with Crippen LogP contribution in [0.4, 0.5) is 4.79 Å². The number of aromatic nitrogens is 1. The van der Waals surface area contributed by atoms with E-state index < -0.39 is 90.1 Å². The number of nitrogens with zero attached hydrogens (tertiary/aromatic N) is 1. The van der Waals surface area contributed by atoms with E-state index in [0.717, 1.165) is 16.5 Å². The second-order valence-electron chi connectivity index (χ2n) is 19.5. The third kappa shape index (κ3) is 15.0. The molecule has 18 heteroatoms. The number of rotatable bonds is 17. The maximum absolute atomic E-state index is 15.3. The summed E-state index contributed by atoms with van der Waals surface area (Å²) in [4.78, 5) is 108. The standard InChI is InChI=1S/C59H67N9O9/c60-27-13-12-22-48-55(71)66-49(30-39-23-25-43(26-24-39)76-37-40-16-6-2-7-17-40)56(72)67-51(31-38-14-4-1-5-15-38)58(74)68-36-44(77-59(75)62-29-28-61)33-52(68)53(69)34-46(41-18-8-3-9-19-41)54(70)65-50(57(73)64-48)32-42-35-63-47-21-11-10-20-45(42)47/h1-11,14-21,23-26,35,44,46,48-52,63H,12-13,22,27-34,36-37,60-61H2,(H,62,75)(H,64,73)(H,65,70)(H,66,71)(H,67,72)/t44-,46+,48+,49+,50-,51+,52+/m1/s1. The Morgan fingerprint density at radius 2 is 1.19 bits per heavy atom. The lowest BCUT2D eigenvalue weighted by Crippen LogP contribution is -2.60. The Kier molecular flexibility index (Phi) is 19.2. The summed E-state index contributed by atoms with van der Waals surface area (Å²) in [5, 5.41) is 15.1. The Hall–Kier alpha value is -8.35. The summed E-state index contributed by atoms with van der Waals surface area (Å²) in [5.41, 5.74) is 15.8. The number of ether oxygens (including phenoxy) is 2. The lowest BCUT2D eigenvalue weighted by Gasteiger charge is -2.31. The highest BCUT2D eigenvalue weighted by Crippen LogP contribution is 2.30. The summed E-state index contributed by atoms with van der Waals surface area (Å²) in [7, 11) is 0. The Bertz CT molecular complexity index is 2960. The van der Waals surface area contributed by atoms with Crippen molar-refractivity contribution < 1.29 is 43.0 Å². The highest BCUT2D eigenvalue weighted by Gasteiger charge is 2.45. The van der Waals surface area contributed by atoms with Crippen molar-refractivity contribution in [3.05, 3.63) is 174 Å². The molecule has 1 aromatic heterocycles. The van der Waals surface area contributed by atoms with Crippen molar-refractivity contribution in [2.24, 2.45) is 11.5 Å². The normalized spacial score (nSPS) is 21.7. The summed E-state index contributed by atoms with van der Waals surface area (Å²) in [5.74, 6) is -4.47. The number of carbonyl (C=O) groups excluding carboxylic acids is 7. The van der Waals surface area contributed by atoms with Crippen molar-refractivity contribution in [3.8, 4) is 5.75 Å². The molecule has 3 heterocycles. The van der Waals surface area contributed by atoms with Crippen LogP contribution in [0.15, 0.2) is 146 Å². The molecule has 77 heavy (non-hydrogen) atoms. The fraction of sp³-hybridized carbons (Fsp3) is 0.339. The molecular formula is C59H67N9O9. The first kappa shape index (κ1) is 54.9. The van der Waals surface area contributed by atoms with Gasteiger partial charge in [0.15, 0.2) is 5.78 Å². The number of para-hydroxylation sites is 1. The van der Waals surface area contributed by atoms with Crippen LogP contribution in [0.5, 0.6) is 5.75 Å². The topological polar surface area (TPSA) is 269 Å². The molecule has 0 bridgehead atoms. The second-order valence-corrected chi connectivity index (χ2v) is 19.5. The summed E-state index contributed by atoms with van der Waals surface area (Å²) >= 11 is 0. The molecule has 6 aromatic rings. The predicted octanol–water partition coefficient (Wildman–Crippen LogP) is 4.25. The van der Waals surface area contributed by atoms with Crippen LogP contribution in [0.25, 0.3) is 10.9 Å². The van der Waals surface area contributed by atoms with Gasteiger partial charge in [-0.25, -0.2) is 4.79 Å². The van der Waals surface area contributed by atoms with E-state index in [0.29, 0.717) is 54.0 Å². The molecule has 5 aromatic carbocycles. The first-order chi connectivity index (χ1) is 37.5. The van der Waals surface area contributed by atoms with E-state index >= 15 is 14.4 Å². The number of ketones is 1. The van der Waals surface area contributed by atoms with Crippen molar-refractivity contribution in [1.82, 2.24) is 36.5 Å². The van der Waals surface area contributed by atoms with Gasteiger partial charge in [-0.05, 0) is 71.8 Å². The number of hydrogen-bond acceptors (Lipinski definition) is 11. The summed E-state index contributed by atoms with van der Waals surface area (Å²) < 4.78 is 11.8. The lowest BCUT2D eigenvalue weighted by atomic mass is 9.89. The third-order valence-corrected chi connectivity index (χ3v) is 14.0. The number of alkyl carbamates (subject to hydrolysis) is 1. The van der Waals surface area contributed by atoms with Crippen molar-refractivity contribution in [2.45, 2.75) is 100 Å². The Morgan fingerprint density at radius 1 is 0.610 bits per heavy atom. The molecule has 2 saturated heterocycles. The highest BCUT2D eigenvalue weighted by molar-refractivity contribution is 6.00. The monoisotopic (exact) mass is 1050 g/mol. The van der Waals surface area contributed by atoms with Crippen LogP contribution in [0, 0.1) is 0 Å². The number of fused-ring (bicyclic) bond motifs is 2. The fourth-order valence-corrected chi connectivity index (χ4v) is 9.92. The highest BCUT2D eigenvalue weighted by atomic mass is 16.6. The number of aromatic amines is 1. The van der Waals surface area contributed by atoms with Gasteiger partial charge >= 0.3 is 6.09 Å². The number of nitrogens with two attached hydrogens (primary N) is 2. The minimum absolute atomic E-state index is 0.0107. The van der Waals surface area contributed by atoms with Crippen molar-refractivity contribution in [1.29, 1.82) is 0 Å². The van der Waals surface area contributed by atoms with Gasteiger partial charge in [-0.2, -0.15) is 0 Å². The molecule has 2 fully saturated rings. The minimum Gasteiger partial charge on any atom is -0.489 e. The van der Waals surface area contributed by atoms with Gasteiger partial charge < -0.3 is 57.4 Å². The predicted molar refractivity (Wildman–Crippen MR) is 290 cm³/mol. The molecule has 402 valence electrons. The van der Waals surface area contributed by atoms with Gasteiger partial charge in [0, 0.05) is 62.3 Å². The average molecular weight is 1050 g/mol. The summed E-state index contributed by atoms with van der Waals surface area (Å²) in [6, 6.07) is 35.6. The maximum atomic E-state index is 15.3. The second kappa shape index (κ2) is 26.9. The Morgan fingerprint density at radius 3 is 1.90 bits per heavy atom. The number of amides is 6. The quantitative estimate of drug-likeness (QED) is 0.0599. The molecule has 0 saturated carbocycles. The number of H-pyrrole nitrogens is 1. The zero-order valence-corrected chi connectivity index (χ0v) is 42.9. The van der Waals surface area contributed by atoms with Crippen LogP contribution in [0.2, 0.25) is 0 Å². The average Bonchev–Trinajstić information content (AvgIpc) is 4.08. The van der Waals surface area contributed by atoms with Gasteiger partial charge in [0.1, 0.15) is 42.6 Å². The zero-order valence-electron chi connectivity index (χ0n) is 42.9. The number of unbranched alkanes of at least 4 members (excludes halogenated alkanes) is 1. The van der Waals surface area contributed by atoms with Gasteiger partial charge in [-0.1, -0.05) is 121 Å². The molecule has 18 nitrogen and oxygen atoms in total. The van der Waals surface area contributed by atoms with Crippen LogP contribution in [0.3, 0.4) is 0 Å². The van der Waals surface area contributed by atoms with Crippen molar-refractivity contribution in [2.75, 3.05) is 26.2 Å². The Balaban J connectivity index is 1.19. The van der Waals surface area contributed by atoms with Crippen LogP contribution in [-0.4, -0.2) is 114 Å². The maximum Gasteiger partial charge on any atom is 0.407 e. The number of nitrogens with one attached hydrogen (secondary N) is 6. The summed E-state index contributed by atoms with van der Waals surface area (Å²) in [6.45, 7) is 0.690. The van der Waals surface area contributed by atoms with Gasteiger partial charge in [-0.3, -0.25) is 28.8 Å². The first-order valence-corrected chi connectivity index (χ1v) is 26.2. The van der Waals surface area contributed by atoms with Crippen LogP contribution in [0.1, 0.15) is 65.8 Å². The summed E-state index contributed by atoms with van der Waals surface area (Å²) in [6.07, 6.45) is 0.458. The van der Waals surface area contributed by atoms with E-state index in [9.17, 15) is 19.2 Å². The number of benzene rings is 5. The first-order valence-electron chi connectivity index (χ1n) is 26.2. The van der Waals surface area contributed by atoms with Gasteiger partial charge in [0.25, 0.3) is 0 Å². The van der Waals surface area contributed by atoms with E-state index in [4.69, 9.17) is 20.9 Å². The van der Waals surface area contributed by atoms with E-state index in [1.165, 1.54) is 4.90 Å². The van der Waals surface area contributed by atoms with Crippen molar-refractivity contribution in [3.63, 3.8) is 0 Å². The number of hydrogen-bond donors (Lipinski definition) is 8. The third-order valence-electron chi connectivity index (χ3n) is 14.0. The van der Waals surface area contributed by atoms with E-state index in [-0.39, 0.29) is 51.7 Å². The molecule has 6 amide bonds. The molecule has 8 rings (SSSR count). The molecule has 0 radical (unpaired) electrons. The number of Topliss-reactive ketones (excluding diaryl/α,β-unsaturated/α-hetero) is 1. The molecule has 10 N–H and O–H groups in total. The lowest BCUT2D eigenvalue weighted by molar-refractivity contribution is -0.142. The minimum atomic E-state index is -1.32. The Labute approximate surface area is 447 Å². The van der Waals surface area contributed by atoms with Gasteiger partial charge in [-0.15, -0.1) is 0 Å². The van der Waals surface area contributed by atoms with E-state index in [1.807, 2.05) is 60.7 Å². The fourth-order valence-electron chi connectivity index (χ4n) is 9.92. The number of carbonyl (C=O) groups is 7. The SMILES string of the molecule is NCCCC[C@@H]1NC(=O)[C@@H](Cc2c[nH]c3ccccc23)NC(=O)[C@H](c2ccccc2)CC(=O)[C@@H]2C[C@@H](OC(=O)NCCN)CN2C(=O)[C@H](Cc2ccccc2)NC(=O)[C@H](Cc2ccc(OCc3ccccc3)cc2)NC1=O. The smallest absolute Gasteiger partial charge is 0.407 e. The molecule has 0 spiro atoms. The molecule has 7 atom stereocenters. The van der Waals surface area contributed by atoms with Gasteiger partial charge in [0.05, 0.1) is 18.5 Å². The molecule has 2 aliphatic rings. The van der Waals surface area contributed by atoms with Crippen LogP contribution < -0.4 is 42.8 Å². The van der Waals surface area contributed by atoms with E-state index in [1.54, 1.807) is 85.1 Å². The molecule has 0 unspecified atom stereocenters. The van der Waals surface area contributed by atoms with Crippen molar-refractivity contribution >= 4 is 52.3 Å². The van der Waals surface area contributed by atoms with Crippen LogP contribution in [-0.2, 0) is 59.4 Å².